The summed E-state index contributed by atoms with van der Waals surface area (Å²) < 4.78 is 10.6. The van der Waals surface area contributed by atoms with Crippen molar-refractivity contribution in [1.82, 2.24) is 9.97 Å². The summed E-state index contributed by atoms with van der Waals surface area (Å²) in [6.45, 7) is 5.60. The number of aromatic nitrogens is 2. The quantitative estimate of drug-likeness (QED) is 0.807. The summed E-state index contributed by atoms with van der Waals surface area (Å²) >= 11 is 0. The Bertz CT molecular complexity index is 868. The van der Waals surface area contributed by atoms with Gasteiger partial charge in [0.05, 0.1) is 24.2 Å². The fourth-order valence-electron chi connectivity index (χ4n) is 3.43. The monoisotopic (exact) mass is 385 g/mol. The third kappa shape index (κ3) is 4.77. The summed E-state index contributed by atoms with van der Waals surface area (Å²) in [6, 6.07) is 5.28. The first-order valence-electron chi connectivity index (χ1n) is 9.60. The van der Waals surface area contributed by atoms with Crippen LogP contribution in [0.3, 0.4) is 0 Å². The van der Waals surface area contributed by atoms with Crippen molar-refractivity contribution in [1.29, 1.82) is 0 Å². The summed E-state index contributed by atoms with van der Waals surface area (Å²) in [5, 5.41) is 2.98. The van der Waals surface area contributed by atoms with Crippen LogP contribution >= 0.6 is 0 Å². The first kappa shape index (κ1) is 20.0. The van der Waals surface area contributed by atoms with Crippen LogP contribution in [0.4, 0.5) is 5.69 Å². The number of hydrogen-bond donors (Lipinski definition) is 1. The molecule has 3 rings (SSSR count). The lowest BCUT2D eigenvalue weighted by Gasteiger charge is -2.29. The second kappa shape index (κ2) is 8.12. The fourth-order valence-corrected chi connectivity index (χ4v) is 3.43. The second-order valence-corrected chi connectivity index (χ2v) is 8.15. The van der Waals surface area contributed by atoms with Gasteiger partial charge in [-0.05, 0) is 58.6 Å². The van der Waals surface area contributed by atoms with Gasteiger partial charge in [-0.25, -0.2) is 4.98 Å². The summed E-state index contributed by atoms with van der Waals surface area (Å²) in [6.07, 6.45) is 4.29. The zero-order chi connectivity index (χ0) is 20.3. The van der Waals surface area contributed by atoms with E-state index in [9.17, 15) is 9.59 Å². The average Bonchev–Trinajstić information content (AvgIpc) is 2.66. The van der Waals surface area contributed by atoms with Gasteiger partial charge in [-0.1, -0.05) is 0 Å². The Kier molecular flexibility index (Phi) is 5.82. The molecule has 0 aromatic carbocycles. The molecule has 0 saturated heterocycles. The van der Waals surface area contributed by atoms with Crippen molar-refractivity contribution in [2.75, 3.05) is 12.4 Å². The molecule has 1 aliphatic carbocycles. The molecule has 0 spiro atoms. The van der Waals surface area contributed by atoms with E-state index in [0.29, 0.717) is 48.3 Å². The maximum Gasteiger partial charge on any atom is 0.309 e. The first-order valence-corrected chi connectivity index (χ1v) is 9.60. The summed E-state index contributed by atoms with van der Waals surface area (Å²) in [5.41, 5.74) is 1.41. The van der Waals surface area contributed by atoms with Gasteiger partial charge in [-0.2, -0.15) is 0 Å². The molecule has 0 bridgehead atoms. The average molecular weight is 385 g/mol. The summed E-state index contributed by atoms with van der Waals surface area (Å²) in [4.78, 5) is 33.7. The summed E-state index contributed by atoms with van der Waals surface area (Å²) in [5.74, 6) is -0.0140. The number of methoxy groups -OCH3 is 1. The van der Waals surface area contributed by atoms with Gasteiger partial charge in [0, 0.05) is 18.2 Å². The number of rotatable bonds is 4. The minimum Gasteiger partial charge on any atom is -0.481 e. The van der Waals surface area contributed by atoms with Gasteiger partial charge in [0.25, 0.3) is 0 Å². The molecular formula is C21H27N3O4. The van der Waals surface area contributed by atoms with Crippen LogP contribution in [0.25, 0.3) is 11.0 Å². The highest BCUT2D eigenvalue weighted by Gasteiger charge is 2.32. The number of amides is 1. The Hall–Kier alpha value is -2.70. The molecule has 0 unspecified atom stereocenters. The van der Waals surface area contributed by atoms with Gasteiger partial charge in [-0.15, -0.1) is 0 Å². The Morgan fingerprint density at radius 2 is 1.75 bits per heavy atom. The lowest BCUT2D eigenvalue weighted by Crippen LogP contribution is -2.33. The Morgan fingerprint density at radius 3 is 2.39 bits per heavy atom. The lowest BCUT2D eigenvalue weighted by atomic mass is 9.81. The van der Waals surface area contributed by atoms with Crippen molar-refractivity contribution in [2.24, 2.45) is 11.8 Å². The Balaban J connectivity index is 1.64. The number of anilines is 1. The number of nitrogens with one attached hydrogen (secondary N) is 1. The Morgan fingerprint density at radius 1 is 1.07 bits per heavy atom. The zero-order valence-corrected chi connectivity index (χ0v) is 16.8. The van der Waals surface area contributed by atoms with Crippen LogP contribution in [-0.4, -0.2) is 34.6 Å². The van der Waals surface area contributed by atoms with Crippen LogP contribution in [-0.2, 0) is 14.3 Å². The van der Waals surface area contributed by atoms with Crippen LogP contribution in [0.5, 0.6) is 5.88 Å². The van der Waals surface area contributed by atoms with E-state index in [1.54, 1.807) is 25.4 Å². The molecule has 1 saturated carbocycles. The number of nitrogens with zero attached hydrogens (tertiary/aromatic N) is 2. The molecule has 0 aliphatic heterocycles. The molecule has 2 aromatic heterocycles. The molecule has 7 nitrogen and oxygen atoms in total. The molecular weight excluding hydrogens is 358 g/mol. The van der Waals surface area contributed by atoms with E-state index in [1.165, 1.54) is 0 Å². The predicted molar refractivity (Wildman–Crippen MR) is 106 cm³/mol. The van der Waals surface area contributed by atoms with Crippen molar-refractivity contribution in [2.45, 2.75) is 52.1 Å². The van der Waals surface area contributed by atoms with Gasteiger partial charge in [-0.3, -0.25) is 14.6 Å². The Labute approximate surface area is 164 Å². The summed E-state index contributed by atoms with van der Waals surface area (Å²) in [7, 11) is 1.55. The smallest absolute Gasteiger partial charge is 0.309 e. The van der Waals surface area contributed by atoms with Crippen molar-refractivity contribution in [3.05, 3.63) is 24.4 Å². The van der Waals surface area contributed by atoms with E-state index in [2.05, 4.69) is 15.3 Å². The van der Waals surface area contributed by atoms with E-state index >= 15 is 0 Å². The second-order valence-electron chi connectivity index (χ2n) is 8.15. The van der Waals surface area contributed by atoms with Crippen LogP contribution < -0.4 is 10.1 Å². The van der Waals surface area contributed by atoms with Crippen LogP contribution in [0.2, 0.25) is 0 Å². The largest absolute Gasteiger partial charge is 0.481 e. The minimum atomic E-state index is -0.484. The zero-order valence-electron chi connectivity index (χ0n) is 16.8. The molecule has 0 atom stereocenters. The number of esters is 1. The third-order valence-electron chi connectivity index (χ3n) is 4.86. The number of fused-ring (bicyclic) bond motifs is 1. The van der Waals surface area contributed by atoms with Gasteiger partial charge in [0.15, 0.2) is 0 Å². The highest BCUT2D eigenvalue weighted by atomic mass is 16.6. The SMILES string of the molecule is COc1ccc2nccc(NC(=O)C3CCC(C(=O)OC(C)(C)C)CC3)c2n1. The van der Waals surface area contributed by atoms with Gasteiger partial charge < -0.3 is 14.8 Å². The number of carbonyl (C=O) groups excluding carboxylic acids is 2. The highest BCUT2D eigenvalue weighted by Crippen LogP contribution is 2.32. The maximum absolute atomic E-state index is 12.8. The predicted octanol–water partition coefficient (Wildman–Crippen LogP) is 3.73. The van der Waals surface area contributed by atoms with Gasteiger partial charge >= 0.3 is 5.97 Å². The van der Waals surface area contributed by atoms with E-state index < -0.39 is 5.60 Å². The fraction of sp³-hybridized carbons (Fsp3) is 0.524. The molecule has 1 aliphatic rings. The molecule has 28 heavy (non-hydrogen) atoms. The van der Waals surface area contributed by atoms with E-state index in [-0.39, 0.29) is 23.7 Å². The van der Waals surface area contributed by atoms with Crippen molar-refractivity contribution < 1.29 is 19.1 Å². The van der Waals surface area contributed by atoms with Crippen LogP contribution in [0.1, 0.15) is 46.5 Å². The highest BCUT2D eigenvalue weighted by molar-refractivity contribution is 6.00. The maximum atomic E-state index is 12.8. The van der Waals surface area contributed by atoms with E-state index in [1.807, 2.05) is 26.8 Å². The van der Waals surface area contributed by atoms with Gasteiger partial charge in [0.2, 0.25) is 11.8 Å². The molecule has 1 fully saturated rings. The van der Waals surface area contributed by atoms with Crippen molar-refractivity contribution >= 4 is 28.6 Å². The van der Waals surface area contributed by atoms with Crippen LogP contribution in [0, 0.1) is 11.8 Å². The standard InChI is InChI=1S/C21H27N3O4/c1-21(2,3)28-20(26)14-7-5-13(6-8-14)19(25)23-16-11-12-22-15-9-10-17(27-4)24-18(15)16/h9-14H,5-8H2,1-4H3,(H,22,23,25). The van der Waals surface area contributed by atoms with Gasteiger partial charge in [0.1, 0.15) is 11.1 Å². The van der Waals surface area contributed by atoms with Crippen molar-refractivity contribution in [3.8, 4) is 5.88 Å². The number of carbonyl (C=O) groups is 2. The molecule has 1 N–H and O–H groups in total. The number of ether oxygens (including phenoxy) is 2. The number of pyridine rings is 2. The normalized spacial score (nSPS) is 19.9. The van der Waals surface area contributed by atoms with Crippen LogP contribution in [0.15, 0.2) is 24.4 Å². The minimum absolute atomic E-state index is 0.0558. The van der Waals surface area contributed by atoms with E-state index in [4.69, 9.17) is 9.47 Å². The van der Waals surface area contributed by atoms with Crippen molar-refractivity contribution in [3.63, 3.8) is 0 Å². The molecule has 150 valence electrons. The molecule has 2 aromatic rings. The van der Waals surface area contributed by atoms with E-state index in [0.717, 1.165) is 0 Å². The molecule has 1 amide bonds. The number of hydrogen-bond acceptors (Lipinski definition) is 6. The lowest BCUT2D eigenvalue weighted by molar-refractivity contribution is -0.161. The first-order chi connectivity index (χ1) is 13.3. The topological polar surface area (TPSA) is 90.4 Å². The molecule has 7 heteroatoms. The molecule has 2 heterocycles. The molecule has 0 radical (unpaired) electrons. The third-order valence-corrected chi connectivity index (χ3v) is 4.86.